The van der Waals surface area contributed by atoms with Crippen LogP contribution in [-0.2, 0) is 7.59 Å². The van der Waals surface area contributed by atoms with E-state index in [4.69, 9.17) is 92.8 Å². The summed E-state index contributed by atoms with van der Waals surface area (Å²) in [5.74, 6) is -0.290. The quantitative estimate of drug-likeness (QED) is 0.456. The number of aromatic nitrogens is 3. The van der Waals surface area contributed by atoms with E-state index in [0.29, 0.717) is 15.6 Å². The van der Waals surface area contributed by atoms with Crippen LogP contribution in [0.15, 0.2) is 18.2 Å². The molecule has 1 aromatic carbocycles. The third-order valence-electron chi connectivity index (χ3n) is 2.26. The van der Waals surface area contributed by atoms with Gasteiger partial charge in [-0.3, -0.25) is 0 Å². The summed E-state index contributed by atoms with van der Waals surface area (Å²) >= 11 is 46.7. The molecule has 3 nitrogen and oxygen atoms in total. The third-order valence-corrected chi connectivity index (χ3v) is 3.71. The van der Waals surface area contributed by atoms with Gasteiger partial charge in [-0.1, -0.05) is 92.8 Å². The topological polar surface area (TPSA) is 38.7 Å². The van der Waals surface area contributed by atoms with Crippen LogP contribution in [0.5, 0.6) is 0 Å². The van der Waals surface area contributed by atoms with Crippen molar-refractivity contribution in [2.75, 3.05) is 0 Å². The average Bonchev–Trinajstić information content (AvgIpc) is 2.35. The Balaban J connectivity index is 2.70. The zero-order chi connectivity index (χ0) is 16.7. The maximum Gasteiger partial charge on any atom is 0.250 e. The number of hydrogen-bond acceptors (Lipinski definition) is 3. The molecule has 0 radical (unpaired) electrons. The van der Waals surface area contributed by atoms with Crippen LogP contribution in [0.4, 0.5) is 0 Å². The van der Waals surface area contributed by atoms with E-state index in [1.807, 2.05) is 0 Å². The van der Waals surface area contributed by atoms with Crippen molar-refractivity contribution in [3.63, 3.8) is 0 Å². The number of nitrogens with zero attached hydrogens (tertiary/aromatic N) is 3. The Bertz CT molecular complexity index is 655. The second-order valence-corrected chi connectivity index (χ2v) is 9.40. The minimum Gasteiger partial charge on any atom is -0.209 e. The number of rotatable bonds is 1. The maximum absolute atomic E-state index is 5.95. The van der Waals surface area contributed by atoms with Gasteiger partial charge >= 0.3 is 0 Å². The molecule has 1 aromatic heterocycles. The van der Waals surface area contributed by atoms with Crippen molar-refractivity contribution in [2.24, 2.45) is 0 Å². The molecule has 0 saturated carbocycles. The molecule has 0 spiro atoms. The molecule has 1 heterocycles. The van der Waals surface area contributed by atoms with Crippen LogP contribution in [0.3, 0.4) is 0 Å². The number of benzene rings is 1. The molecule has 2 rings (SSSR count). The minimum absolute atomic E-state index is 0.0991. The summed E-state index contributed by atoms with van der Waals surface area (Å²) in [6.07, 6.45) is 0. The average molecular weight is 461 g/mol. The molecule has 0 fully saturated rings. The zero-order valence-corrected chi connectivity index (χ0v) is 16.1. The van der Waals surface area contributed by atoms with Crippen LogP contribution in [0, 0.1) is 0 Å². The zero-order valence-electron chi connectivity index (χ0n) is 10.1. The van der Waals surface area contributed by atoms with Crippen LogP contribution in [0.1, 0.15) is 11.6 Å². The standard InChI is InChI=1S/C11H3Cl8N3/c12-5-1-4(2-6(13)3-5)7-20-8(10(14,15)16)22-9(21-7)11(17,18)19/h1-3H. The third kappa shape index (κ3) is 4.78. The monoisotopic (exact) mass is 457 g/mol. The van der Waals surface area contributed by atoms with E-state index < -0.39 is 7.59 Å². The molecule has 0 saturated heterocycles. The fourth-order valence-electron chi connectivity index (χ4n) is 1.44. The van der Waals surface area contributed by atoms with Crippen molar-refractivity contribution in [2.45, 2.75) is 7.59 Å². The smallest absolute Gasteiger partial charge is 0.209 e. The van der Waals surface area contributed by atoms with Crippen LogP contribution in [0.25, 0.3) is 11.4 Å². The molecule has 11 heteroatoms. The van der Waals surface area contributed by atoms with Crippen LogP contribution < -0.4 is 0 Å². The van der Waals surface area contributed by atoms with Gasteiger partial charge < -0.3 is 0 Å². The van der Waals surface area contributed by atoms with Gasteiger partial charge in [0.2, 0.25) is 7.59 Å². The Morgan fingerprint density at radius 2 is 1.05 bits per heavy atom. The van der Waals surface area contributed by atoms with Gasteiger partial charge in [0.15, 0.2) is 17.5 Å². The number of hydrogen-bond donors (Lipinski definition) is 0. The van der Waals surface area contributed by atoms with E-state index in [-0.39, 0.29) is 17.5 Å². The van der Waals surface area contributed by atoms with Crippen LogP contribution in [0.2, 0.25) is 10.0 Å². The summed E-state index contributed by atoms with van der Waals surface area (Å²) in [5.41, 5.74) is 0.450. The fourth-order valence-corrected chi connectivity index (χ4v) is 2.47. The van der Waals surface area contributed by atoms with Crippen molar-refractivity contribution >= 4 is 92.8 Å². The predicted molar refractivity (Wildman–Crippen MR) is 93.8 cm³/mol. The van der Waals surface area contributed by atoms with Crippen LogP contribution in [-0.4, -0.2) is 15.0 Å². The summed E-state index contributed by atoms with van der Waals surface area (Å²) in [6, 6.07) is 4.67. The van der Waals surface area contributed by atoms with Crippen molar-refractivity contribution in [3.05, 3.63) is 39.9 Å². The first kappa shape index (κ1) is 18.9. The highest BCUT2D eigenvalue weighted by Gasteiger charge is 2.34. The lowest BCUT2D eigenvalue weighted by molar-refractivity contribution is 0.851. The van der Waals surface area contributed by atoms with Gasteiger partial charge in [-0.25, -0.2) is 15.0 Å². The molecule has 0 aliphatic carbocycles. The van der Waals surface area contributed by atoms with Gasteiger partial charge in [0.1, 0.15) is 0 Å². The van der Waals surface area contributed by atoms with Gasteiger partial charge in [0, 0.05) is 15.6 Å². The molecule has 22 heavy (non-hydrogen) atoms. The molecule has 0 unspecified atom stereocenters. The Kier molecular flexibility index (Phi) is 5.85. The van der Waals surface area contributed by atoms with Gasteiger partial charge in [0.05, 0.1) is 0 Å². The second-order valence-electron chi connectivity index (χ2n) is 3.96. The van der Waals surface area contributed by atoms with Crippen molar-refractivity contribution in [3.8, 4) is 11.4 Å². The molecular weight excluding hydrogens is 458 g/mol. The Morgan fingerprint density at radius 1 is 0.636 bits per heavy atom. The SMILES string of the molecule is Clc1cc(Cl)cc(-c2nc(C(Cl)(Cl)Cl)nc(C(Cl)(Cl)Cl)n2)c1. The first-order valence-corrected chi connectivity index (χ1v) is 8.36. The lowest BCUT2D eigenvalue weighted by atomic mass is 10.2. The fraction of sp³-hybridized carbons (Fsp3) is 0.182. The van der Waals surface area contributed by atoms with E-state index in [1.54, 1.807) is 18.2 Å². The lowest BCUT2D eigenvalue weighted by Gasteiger charge is -2.15. The number of halogens is 8. The van der Waals surface area contributed by atoms with E-state index in [0.717, 1.165) is 0 Å². The van der Waals surface area contributed by atoms with Gasteiger partial charge in [0.25, 0.3) is 0 Å². The highest BCUT2D eigenvalue weighted by atomic mass is 35.6. The molecular formula is C11H3Cl8N3. The maximum atomic E-state index is 5.95. The molecule has 0 bridgehead atoms. The van der Waals surface area contributed by atoms with E-state index in [9.17, 15) is 0 Å². The molecule has 0 N–H and O–H groups in total. The molecule has 2 aromatic rings. The summed E-state index contributed by atoms with van der Waals surface area (Å²) in [6.45, 7) is 0. The normalized spacial score (nSPS) is 12.5. The second kappa shape index (κ2) is 6.81. The van der Waals surface area contributed by atoms with Crippen molar-refractivity contribution in [1.29, 1.82) is 0 Å². The van der Waals surface area contributed by atoms with E-state index in [1.165, 1.54) is 0 Å². The number of alkyl halides is 6. The Hall–Kier alpha value is 0.550. The summed E-state index contributed by atoms with van der Waals surface area (Å²) in [4.78, 5) is 12.0. The van der Waals surface area contributed by atoms with Gasteiger partial charge in [-0.2, -0.15) is 0 Å². The molecule has 0 aliphatic heterocycles. The summed E-state index contributed by atoms with van der Waals surface area (Å²) in [7, 11) is 0. The Labute approximate surface area is 165 Å². The van der Waals surface area contributed by atoms with E-state index in [2.05, 4.69) is 15.0 Å². The molecule has 0 aliphatic rings. The van der Waals surface area contributed by atoms with E-state index >= 15 is 0 Å². The summed E-state index contributed by atoms with van der Waals surface area (Å²) < 4.78 is -3.85. The Morgan fingerprint density at radius 3 is 1.41 bits per heavy atom. The molecule has 118 valence electrons. The first-order chi connectivity index (χ1) is 9.96. The van der Waals surface area contributed by atoms with Gasteiger partial charge in [-0.05, 0) is 18.2 Å². The summed E-state index contributed by atoms with van der Waals surface area (Å²) in [5, 5.41) is 0.738. The van der Waals surface area contributed by atoms with Crippen molar-refractivity contribution in [1.82, 2.24) is 15.0 Å². The largest absolute Gasteiger partial charge is 0.250 e. The van der Waals surface area contributed by atoms with Crippen LogP contribution >= 0.6 is 92.8 Å². The molecule has 0 amide bonds. The highest BCUT2D eigenvalue weighted by Crippen LogP contribution is 2.41. The molecule has 0 atom stereocenters. The first-order valence-electron chi connectivity index (χ1n) is 5.34. The highest BCUT2D eigenvalue weighted by molar-refractivity contribution is 6.67. The lowest BCUT2D eigenvalue weighted by Crippen LogP contribution is -2.16. The van der Waals surface area contributed by atoms with Crippen molar-refractivity contribution < 1.29 is 0 Å². The van der Waals surface area contributed by atoms with Gasteiger partial charge in [-0.15, -0.1) is 0 Å². The minimum atomic E-state index is -1.93. The predicted octanol–water partition coefficient (Wildman–Crippen LogP) is 6.50.